The number of halogens is 2. The minimum absolute atomic E-state index is 0.0412. The van der Waals surface area contributed by atoms with Gasteiger partial charge in [0.1, 0.15) is 11.2 Å². The molecular formula is C14H14BrFO3. The maximum absolute atomic E-state index is 13.5. The average molecular weight is 329 g/mol. The van der Waals surface area contributed by atoms with Gasteiger partial charge in [0.2, 0.25) is 0 Å². The molecule has 1 aromatic carbocycles. The number of hydrogen-bond acceptors (Lipinski definition) is 2. The van der Waals surface area contributed by atoms with Crippen LogP contribution in [0.15, 0.2) is 22.7 Å². The van der Waals surface area contributed by atoms with E-state index in [1.807, 2.05) is 0 Å². The molecule has 1 aliphatic rings. The second-order valence-electron chi connectivity index (χ2n) is 4.91. The van der Waals surface area contributed by atoms with Crippen LogP contribution in [-0.4, -0.2) is 16.9 Å². The van der Waals surface area contributed by atoms with Crippen LogP contribution in [-0.2, 0) is 16.0 Å². The van der Waals surface area contributed by atoms with Gasteiger partial charge in [-0.2, -0.15) is 0 Å². The number of carboxylic acid groups (broad SMARTS) is 1. The number of hydrogen-bond donors (Lipinski definition) is 1. The lowest BCUT2D eigenvalue weighted by molar-refractivity contribution is -0.157. The Labute approximate surface area is 118 Å². The molecule has 0 amide bonds. The van der Waals surface area contributed by atoms with Crippen LogP contribution in [0.4, 0.5) is 4.39 Å². The maximum Gasteiger partial charge on any atom is 0.317 e. The zero-order valence-corrected chi connectivity index (χ0v) is 11.9. The van der Waals surface area contributed by atoms with Crippen molar-refractivity contribution in [3.8, 4) is 0 Å². The number of Topliss-reactive ketones (excluding diaryl/α,β-unsaturated/α-hetero) is 1. The molecule has 1 atom stereocenters. The highest BCUT2D eigenvalue weighted by Crippen LogP contribution is 2.38. The first-order valence-electron chi connectivity index (χ1n) is 6.17. The van der Waals surface area contributed by atoms with Crippen LogP contribution in [0.1, 0.15) is 31.2 Å². The summed E-state index contributed by atoms with van der Waals surface area (Å²) >= 11 is 3.12. The quantitative estimate of drug-likeness (QED) is 0.866. The minimum atomic E-state index is -1.39. The van der Waals surface area contributed by atoms with E-state index in [0.29, 0.717) is 24.8 Å². The molecule has 1 unspecified atom stereocenters. The van der Waals surface area contributed by atoms with Crippen molar-refractivity contribution in [1.82, 2.24) is 0 Å². The van der Waals surface area contributed by atoms with Gasteiger partial charge in [-0.3, -0.25) is 9.59 Å². The lowest BCUT2D eigenvalue weighted by Crippen LogP contribution is -2.43. The summed E-state index contributed by atoms with van der Waals surface area (Å²) in [6.07, 6.45) is 2.10. The Balaban J connectivity index is 2.39. The van der Waals surface area contributed by atoms with E-state index in [-0.39, 0.29) is 16.7 Å². The van der Waals surface area contributed by atoms with Crippen LogP contribution in [0, 0.1) is 11.2 Å². The number of carbonyl (C=O) groups is 2. The Morgan fingerprint density at radius 2 is 2.16 bits per heavy atom. The number of benzene rings is 1. The van der Waals surface area contributed by atoms with E-state index < -0.39 is 17.2 Å². The van der Waals surface area contributed by atoms with Gasteiger partial charge in [0.25, 0.3) is 0 Å². The standard InChI is InChI=1S/C14H14BrFO3/c15-12-9(4-3-5-10(12)16)8-14(13(18)19)7-2-1-6-11(14)17/h3-5H,1-2,6-8H2,(H,18,19). The van der Waals surface area contributed by atoms with E-state index in [0.717, 1.165) is 6.42 Å². The Bertz CT molecular complexity index is 529. The lowest BCUT2D eigenvalue weighted by Gasteiger charge is -2.32. The van der Waals surface area contributed by atoms with Crippen molar-refractivity contribution in [2.24, 2.45) is 5.41 Å². The summed E-state index contributed by atoms with van der Waals surface area (Å²) in [5.41, 5.74) is -0.869. The van der Waals surface area contributed by atoms with Gasteiger partial charge in [0.15, 0.2) is 5.78 Å². The highest BCUT2D eigenvalue weighted by Gasteiger charge is 2.47. The number of aliphatic carboxylic acids is 1. The predicted molar refractivity (Wildman–Crippen MR) is 71.3 cm³/mol. The van der Waals surface area contributed by atoms with Crippen LogP contribution < -0.4 is 0 Å². The average Bonchev–Trinajstić information content (AvgIpc) is 2.37. The van der Waals surface area contributed by atoms with Gasteiger partial charge in [0.05, 0.1) is 4.47 Å². The summed E-state index contributed by atoms with van der Waals surface area (Å²) in [7, 11) is 0. The molecule has 3 nitrogen and oxygen atoms in total. The molecular weight excluding hydrogens is 315 g/mol. The molecule has 0 saturated heterocycles. The molecule has 19 heavy (non-hydrogen) atoms. The molecule has 0 aliphatic heterocycles. The van der Waals surface area contributed by atoms with Gasteiger partial charge in [-0.05, 0) is 46.8 Å². The number of carbonyl (C=O) groups excluding carboxylic acids is 1. The molecule has 0 aromatic heterocycles. The van der Waals surface area contributed by atoms with Crippen molar-refractivity contribution in [2.45, 2.75) is 32.1 Å². The van der Waals surface area contributed by atoms with Crippen molar-refractivity contribution in [2.75, 3.05) is 0 Å². The van der Waals surface area contributed by atoms with Gasteiger partial charge in [-0.1, -0.05) is 18.6 Å². The van der Waals surface area contributed by atoms with E-state index in [9.17, 15) is 19.1 Å². The Hall–Kier alpha value is -1.23. The monoisotopic (exact) mass is 328 g/mol. The summed E-state index contributed by atoms with van der Waals surface area (Å²) in [6, 6.07) is 4.47. The van der Waals surface area contributed by atoms with Crippen LogP contribution in [0.5, 0.6) is 0 Å². The number of ketones is 1. The third kappa shape index (κ3) is 2.56. The summed E-state index contributed by atoms with van der Waals surface area (Å²) < 4.78 is 13.7. The van der Waals surface area contributed by atoms with Gasteiger partial charge in [0, 0.05) is 6.42 Å². The fraction of sp³-hybridized carbons (Fsp3) is 0.429. The van der Waals surface area contributed by atoms with Gasteiger partial charge in [-0.25, -0.2) is 4.39 Å². The van der Waals surface area contributed by atoms with E-state index in [1.54, 1.807) is 6.07 Å². The number of rotatable bonds is 3. The van der Waals surface area contributed by atoms with Gasteiger partial charge in [-0.15, -0.1) is 0 Å². The van der Waals surface area contributed by atoms with Crippen molar-refractivity contribution >= 4 is 27.7 Å². The smallest absolute Gasteiger partial charge is 0.317 e. The molecule has 1 aliphatic carbocycles. The van der Waals surface area contributed by atoms with Crippen LogP contribution in [0.3, 0.4) is 0 Å². The molecule has 0 heterocycles. The molecule has 1 saturated carbocycles. The molecule has 0 radical (unpaired) electrons. The molecule has 2 rings (SSSR count). The molecule has 1 fully saturated rings. The van der Waals surface area contributed by atoms with E-state index in [1.165, 1.54) is 12.1 Å². The topological polar surface area (TPSA) is 54.4 Å². The van der Waals surface area contributed by atoms with E-state index >= 15 is 0 Å². The van der Waals surface area contributed by atoms with Crippen LogP contribution in [0.2, 0.25) is 0 Å². The zero-order chi connectivity index (χ0) is 14.0. The fourth-order valence-corrected chi connectivity index (χ4v) is 2.99. The van der Waals surface area contributed by atoms with Crippen molar-refractivity contribution in [3.63, 3.8) is 0 Å². The Morgan fingerprint density at radius 3 is 2.79 bits per heavy atom. The highest BCUT2D eigenvalue weighted by molar-refractivity contribution is 9.10. The summed E-state index contributed by atoms with van der Waals surface area (Å²) in [4.78, 5) is 23.6. The largest absolute Gasteiger partial charge is 0.480 e. The number of carboxylic acids is 1. The van der Waals surface area contributed by atoms with Crippen LogP contribution >= 0.6 is 15.9 Å². The van der Waals surface area contributed by atoms with E-state index in [2.05, 4.69) is 15.9 Å². The normalized spacial score (nSPS) is 23.4. The first-order valence-corrected chi connectivity index (χ1v) is 6.96. The third-order valence-corrected chi connectivity index (χ3v) is 4.61. The minimum Gasteiger partial charge on any atom is -0.480 e. The van der Waals surface area contributed by atoms with Gasteiger partial charge < -0.3 is 5.11 Å². The first-order chi connectivity index (χ1) is 8.97. The summed E-state index contributed by atoms with van der Waals surface area (Å²) in [5.74, 6) is -1.79. The van der Waals surface area contributed by atoms with E-state index in [4.69, 9.17) is 0 Å². The molecule has 1 aromatic rings. The molecule has 1 N–H and O–H groups in total. The second-order valence-corrected chi connectivity index (χ2v) is 5.70. The molecule has 5 heteroatoms. The molecule has 0 bridgehead atoms. The highest BCUT2D eigenvalue weighted by atomic mass is 79.9. The lowest BCUT2D eigenvalue weighted by atomic mass is 9.69. The maximum atomic E-state index is 13.5. The van der Waals surface area contributed by atoms with Crippen LogP contribution in [0.25, 0.3) is 0 Å². The fourth-order valence-electron chi connectivity index (χ4n) is 2.59. The van der Waals surface area contributed by atoms with Crippen molar-refractivity contribution < 1.29 is 19.1 Å². The SMILES string of the molecule is O=C(O)C1(Cc2cccc(F)c2Br)CCCCC1=O. The third-order valence-electron chi connectivity index (χ3n) is 3.72. The zero-order valence-electron chi connectivity index (χ0n) is 10.3. The van der Waals surface area contributed by atoms with Crippen molar-refractivity contribution in [1.29, 1.82) is 0 Å². The van der Waals surface area contributed by atoms with Gasteiger partial charge >= 0.3 is 5.97 Å². The summed E-state index contributed by atoms with van der Waals surface area (Å²) in [5, 5.41) is 9.45. The van der Waals surface area contributed by atoms with Crippen molar-refractivity contribution in [3.05, 3.63) is 34.1 Å². The molecule has 0 spiro atoms. The second kappa shape index (κ2) is 5.41. The Kier molecular flexibility index (Phi) is 4.04. The molecule has 102 valence electrons. The summed E-state index contributed by atoms with van der Waals surface area (Å²) in [6.45, 7) is 0. The first kappa shape index (κ1) is 14.2. The Morgan fingerprint density at radius 1 is 1.42 bits per heavy atom. The predicted octanol–water partition coefficient (Wildman–Crippen LogP) is 3.34.